The molecular formula is C16H25NO. The van der Waals surface area contributed by atoms with E-state index >= 15 is 0 Å². The van der Waals surface area contributed by atoms with Crippen molar-refractivity contribution in [1.82, 2.24) is 5.32 Å². The molecule has 1 aromatic carbocycles. The molecule has 0 bridgehead atoms. The van der Waals surface area contributed by atoms with Gasteiger partial charge >= 0.3 is 0 Å². The lowest BCUT2D eigenvalue weighted by molar-refractivity contribution is -0.0837. The van der Waals surface area contributed by atoms with Gasteiger partial charge in [-0.1, -0.05) is 36.8 Å². The van der Waals surface area contributed by atoms with Gasteiger partial charge in [0.1, 0.15) is 0 Å². The molecule has 1 unspecified atom stereocenters. The average molecular weight is 247 g/mol. The van der Waals surface area contributed by atoms with E-state index in [0.717, 1.165) is 13.0 Å². The van der Waals surface area contributed by atoms with Gasteiger partial charge in [0.15, 0.2) is 0 Å². The minimum absolute atomic E-state index is 0.122. The van der Waals surface area contributed by atoms with Crippen molar-refractivity contribution >= 4 is 0 Å². The zero-order valence-electron chi connectivity index (χ0n) is 11.8. The monoisotopic (exact) mass is 247 g/mol. The molecule has 0 aromatic heterocycles. The molecular weight excluding hydrogens is 222 g/mol. The van der Waals surface area contributed by atoms with Crippen molar-refractivity contribution in [2.75, 3.05) is 13.7 Å². The minimum Gasteiger partial charge on any atom is -0.378 e. The summed E-state index contributed by atoms with van der Waals surface area (Å²) in [4.78, 5) is 0. The third kappa shape index (κ3) is 2.93. The van der Waals surface area contributed by atoms with Crippen molar-refractivity contribution in [2.24, 2.45) is 0 Å². The number of hydrogen-bond donors (Lipinski definition) is 1. The number of hydrogen-bond acceptors (Lipinski definition) is 2. The second-order valence-corrected chi connectivity index (χ2v) is 5.47. The number of rotatable bonds is 6. The van der Waals surface area contributed by atoms with Gasteiger partial charge in [0, 0.05) is 13.2 Å². The lowest BCUT2D eigenvalue weighted by Gasteiger charge is -2.43. The molecule has 0 spiro atoms. The van der Waals surface area contributed by atoms with Crippen LogP contribution in [-0.2, 0) is 4.74 Å². The summed E-state index contributed by atoms with van der Waals surface area (Å²) in [6, 6.07) is 9.23. The van der Waals surface area contributed by atoms with Crippen molar-refractivity contribution < 1.29 is 4.74 Å². The fourth-order valence-electron chi connectivity index (χ4n) is 2.88. The van der Waals surface area contributed by atoms with E-state index in [0.29, 0.717) is 6.04 Å². The molecule has 0 amide bonds. The molecule has 1 N–H and O–H groups in total. The molecule has 1 aliphatic rings. The summed E-state index contributed by atoms with van der Waals surface area (Å²) in [5.74, 6) is 0. The second-order valence-electron chi connectivity index (χ2n) is 5.47. The Balaban J connectivity index is 2.12. The Bertz CT molecular complexity index is 379. The average Bonchev–Trinajstić information content (AvgIpc) is 2.32. The van der Waals surface area contributed by atoms with Crippen LogP contribution in [0.4, 0.5) is 0 Å². The van der Waals surface area contributed by atoms with Crippen LogP contribution in [0.3, 0.4) is 0 Å². The van der Waals surface area contributed by atoms with Gasteiger partial charge in [-0.3, -0.25) is 0 Å². The Morgan fingerprint density at radius 2 is 2.17 bits per heavy atom. The number of nitrogens with one attached hydrogen (secondary N) is 1. The highest BCUT2D eigenvalue weighted by Crippen LogP contribution is 2.41. The molecule has 0 heterocycles. The zero-order chi connectivity index (χ0) is 13.0. The molecule has 1 saturated carbocycles. The predicted molar refractivity (Wildman–Crippen MR) is 75.8 cm³/mol. The van der Waals surface area contributed by atoms with Gasteiger partial charge in [0.05, 0.1) is 5.60 Å². The molecule has 0 saturated heterocycles. The SMILES string of the molecule is CCNC(CC1(OC)CCC1)c1cccc(C)c1. The van der Waals surface area contributed by atoms with E-state index in [-0.39, 0.29) is 5.60 Å². The van der Waals surface area contributed by atoms with Crippen LogP contribution in [0.5, 0.6) is 0 Å². The van der Waals surface area contributed by atoms with Crippen LogP contribution in [0.2, 0.25) is 0 Å². The van der Waals surface area contributed by atoms with Gasteiger partial charge in [0.2, 0.25) is 0 Å². The summed E-state index contributed by atoms with van der Waals surface area (Å²) in [7, 11) is 1.86. The van der Waals surface area contributed by atoms with Gasteiger partial charge < -0.3 is 10.1 Å². The summed E-state index contributed by atoms with van der Waals surface area (Å²) in [6.07, 6.45) is 4.80. The molecule has 2 nitrogen and oxygen atoms in total. The van der Waals surface area contributed by atoms with E-state index in [1.54, 1.807) is 0 Å². The fraction of sp³-hybridized carbons (Fsp3) is 0.625. The Kier molecular flexibility index (Phi) is 4.41. The van der Waals surface area contributed by atoms with Crippen LogP contribution in [0, 0.1) is 6.92 Å². The van der Waals surface area contributed by atoms with E-state index in [2.05, 4.69) is 43.4 Å². The van der Waals surface area contributed by atoms with Gasteiger partial charge in [-0.25, -0.2) is 0 Å². The van der Waals surface area contributed by atoms with Crippen LogP contribution in [-0.4, -0.2) is 19.3 Å². The van der Waals surface area contributed by atoms with E-state index in [1.165, 1.54) is 30.4 Å². The van der Waals surface area contributed by atoms with Crippen LogP contribution < -0.4 is 5.32 Å². The largest absolute Gasteiger partial charge is 0.378 e. The summed E-state index contributed by atoms with van der Waals surface area (Å²) in [5, 5.41) is 3.60. The van der Waals surface area contributed by atoms with Crippen molar-refractivity contribution in [3.63, 3.8) is 0 Å². The topological polar surface area (TPSA) is 21.3 Å². The molecule has 1 atom stereocenters. The number of ether oxygens (including phenoxy) is 1. The summed E-state index contributed by atoms with van der Waals surface area (Å²) in [6.45, 7) is 5.32. The van der Waals surface area contributed by atoms with Crippen molar-refractivity contribution in [3.8, 4) is 0 Å². The fourth-order valence-corrected chi connectivity index (χ4v) is 2.88. The predicted octanol–water partition coefficient (Wildman–Crippen LogP) is 3.60. The normalized spacial score (nSPS) is 19.3. The number of methoxy groups -OCH3 is 1. The summed E-state index contributed by atoms with van der Waals surface area (Å²) >= 11 is 0. The standard InChI is InChI=1S/C16H25NO/c1-4-17-15(12-16(18-3)9-6-10-16)14-8-5-7-13(2)11-14/h5,7-8,11,15,17H,4,6,9-10,12H2,1-3H3. The Hall–Kier alpha value is -0.860. The first-order valence-corrected chi connectivity index (χ1v) is 7.04. The van der Waals surface area contributed by atoms with E-state index in [4.69, 9.17) is 4.74 Å². The first-order valence-electron chi connectivity index (χ1n) is 7.04. The Labute approximate surface area is 111 Å². The molecule has 100 valence electrons. The van der Waals surface area contributed by atoms with Crippen molar-refractivity contribution in [1.29, 1.82) is 0 Å². The Morgan fingerprint density at radius 1 is 1.39 bits per heavy atom. The van der Waals surface area contributed by atoms with E-state index in [9.17, 15) is 0 Å². The maximum atomic E-state index is 5.76. The molecule has 0 radical (unpaired) electrons. The quantitative estimate of drug-likeness (QED) is 0.829. The van der Waals surface area contributed by atoms with Gasteiger partial charge in [-0.05, 0) is 44.7 Å². The highest BCUT2D eigenvalue weighted by Gasteiger charge is 2.39. The van der Waals surface area contributed by atoms with E-state index in [1.807, 2.05) is 7.11 Å². The lowest BCUT2D eigenvalue weighted by atomic mass is 9.74. The van der Waals surface area contributed by atoms with Crippen LogP contribution in [0.25, 0.3) is 0 Å². The third-order valence-electron chi connectivity index (χ3n) is 4.17. The van der Waals surface area contributed by atoms with Gasteiger partial charge in [0.25, 0.3) is 0 Å². The zero-order valence-corrected chi connectivity index (χ0v) is 11.8. The smallest absolute Gasteiger partial charge is 0.0697 e. The molecule has 1 aliphatic carbocycles. The molecule has 0 aliphatic heterocycles. The summed E-state index contributed by atoms with van der Waals surface area (Å²) in [5.41, 5.74) is 2.84. The summed E-state index contributed by atoms with van der Waals surface area (Å²) < 4.78 is 5.76. The van der Waals surface area contributed by atoms with Gasteiger partial charge in [-0.15, -0.1) is 0 Å². The molecule has 1 aromatic rings. The molecule has 2 rings (SSSR count). The molecule has 2 heteroatoms. The van der Waals surface area contributed by atoms with E-state index < -0.39 is 0 Å². The lowest BCUT2D eigenvalue weighted by Crippen LogP contribution is -2.42. The minimum atomic E-state index is 0.122. The van der Waals surface area contributed by atoms with Crippen molar-refractivity contribution in [3.05, 3.63) is 35.4 Å². The third-order valence-corrected chi connectivity index (χ3v) is 4.17. The highest BCUT2D eigenvalue weighted by atomic mass is 16.5. The van der Waals surface area contributed by atoms with Crippen molar-refractivity contribution in [2.45, 2.75) is 51.2 Å². The second kappa shape index (κ2) is 5.85. The number of benzene rings is 1. The maximum Gasteiger partial charge on any atom is 0.0697 e. The molecule has 1 fully saturated rings. The first kappa shape index (κ1) is 13.6. The molecule has 18 heavy (non-hydrogen) atoms. The van der Waals surface area contributed by atoms with Crippen LogP contribution in [0.15, 0.2) is 24.3 Å². The highest BCUT2D eigenvalue weighted by molar-refractivity contribution is 5.25. The van der Waals surface area contributed by atoms with Gasteiger partial charge in [-0.2, -0.15) is 0 Å². The maximum absolute atomic E-state index is 5.76. The first-order chi connectivity index (χ1) is 8.69. The van der Waals surface area contributed by atoms with Crippen LogP contribution in [0.1, 0.15) is 49.8 Å². The number of aryl methyl sites for hydroxylation is 1. The Morgan fingerprint density at radius 3 is 2.67 bits per heavy atom. The van der Waals surface area contributed by atoms with Crippen LogP contribution >= 0.6 is 0 Å².